The second kappa shape index (κ2) is 6.77. The highest BCUT2D eigenvalue weighted by molar-refractivity contribution is 5.81. The Morgan fingerprint density at radius 2 is 1.86 bits per heavy atom. The van der Waals surface area contributed by atoms with E-state index in [4.69, 9.17) is 0 Å². The third kappa shape index (κ3) is 3.97. The van der Waals surface area contributed by atoms with Gasteiger partial charge < -0.3 is 10.3 Å². The van der Waals surface area contributed by atoms with Gasteiger partial charge in [0.2, 0.25) is 5.91 Å². The molecule has 2 rings (SSSR count). The quantitative estimate of drug-likeness (QED) is 0.892. The number of aryl methyl sites for hydroxylation is 3. The predicted octanol–water partition coefficient (Wildman–Crippen LogP) is 2.85. The summed E-state index contributed by atoms with van der Waals surface area (Å²) < 4.78 is 0. The zero-order valence-corrected chi connectivity index (χ0v) is 13.7. The molecule has 1 heterocycles. The third-order valence-corrected chi connectivity index (χ3v) is 3.86. The van der Waals surface area contributed by atoms with Crippen molar-refractivity contribution in [3.63, 3.8) is 0 Å². The number of aromatic nitrogens is 1. The van der Waals surface area contributed by atoms with Crippen molar-refractivity contribution in [2.75, 3.05) is 6.54 Å². The number of carbonyl (C=O) groups excluding carboxylic acids is 1. The molecular formula is C18H24N2O2. The van der Waals surface area contributed by atoms with Gasteiger partial charge in [0.15, 0.2) is 0 Å². The van der Waals surface area contributed by atoms with Gasteiger partial charge in [0.05, 0.1) is 0 Å². The van der Waals surface area contributed by atoms with Crippen molar-refractivity contribution in [2.24, 2.45) is 5.92 Å². The zero-order valence-electron chi connectivity index (χ0n) is 13.7. The molecule has 0 radical (unpaired) electrons. The van der Waals surface area contributed by atoms with Crippen LogP contribution < -0.4 is 10.9 Å². The molecule has 1 aromatic carbocycles. The molecule has 0 saturated carbocycles. The average molecular weight is 300 g/mol. The number of fused-ring (bicyclic) bond motifs is 1. The van der Waals surface area contributed by atoms with E-state index >= 15 is 0 Å². The fourth-order valence-corrected chi connectivity index (χ4v) is 2.36. The summed E-state index contributed by atoms with van der Waals surface area (Å²) in [5, 5.41) is 3.89. The molecule has 0 bridgehead atoms. The van der Waals surface area contributed by atoms with Gasteiger partial charge in [-0.05, 0) is 60.9 Å². The molecule has 4 heteroatoms. The van der Waals surface area contributed by atoms with Crippen LogP contribution >= 0.6 is 0 Å². The van der Waals surface area contributed by atoms with E-state index < -0.39 is 0 Å². The highest BCUT2D eigenvalue weighted by Gasteiger charge is 2.08. The molecule has 1 aromatic heterocycles. The Hall–Kier alpha value is -2.10. The van der Waals surface area contributed by atoms with Gasteiger partial charge in [0.25, 0.3) is 5.56 Å². The van der Waals surface area contributed by atoms with Gasteiger partial charge in [-0.3, -0.25) is 9.59 Å². The highest BCUT2D eigenvalue weighted by atomic mass is 16.1. The molecule has 0 aliphatic carbocycles. The smallest absolute Gasteiger partial charge is 0.251 e. The summed E-state index contributed by atoms with van der Waals surface area (Å²) in [7, 11) is 0. The molecule has 4 nitrogen and oxygen atoms in total. The minimum Gasteiger partial charge on any atom is -0.356 e. The molecule has 2 N–H and O–H groups in total. The summed E-state index contributed by atoms with van der Waals surface area (Å²) in [4.78, 5) is 26.8. The molecule has 0 unspecified atom stereocenters. The lowest BCUT2D eigenvalue weighted by Crippen LogP contribution is -2.28. The van der Waals surface area contributed by atoms with Gasteiger partial charge in [0.1, 0.15) is 0 Å². The molecule has 22 heavy (non-hydrogen) atoms. The van der Waals surface area contributed by atoms with Gasteiger partial charge in [0, 0.05) is 24.0 Å². The summed E-state index contributed by atoms with van der Waals surface area (Å²) in [6.45, 7) is 8.86. The van der Waals surface area contributed by atoms with Crippen LogP contribution in [-0.4, -0.2) is 17.4 Å². The summed E-state index contributed by atoms with van der Waals surface area (Å²) in [5.74, 6) is 0.424. The van der Waals surface area contributed by atoms with E-state index in [1.165, 1.54) is 5.56 Å². The largest absolute Gasteiger partial charge is 0.356 e. The van der Waals surface area contributed by atoms with Gasteiger partial charge in [-0.25, -0.2) is 0 Å². The molecule has 0 spiro atoms. The van der Waals surface area contributed by atoms with Crippen LogP contribution in [0.2, 0.25) is 0 Å². The minimum atomic E-state index is -0.104. The van der Waals surface area contributed by atoms with Crippen molar-refractivity contribution in [1.82, 2.24) is 10.3 Å². The SMILES string of the molecule is Cc1cc2cc(CCC(=O)NCC(C)C)c(=O)[nH]c2cc1C. The van der Waals surface area contributed by atoms with Gasteiger partial charge in [-0.1, -0.05) is 13.8 Å². The first kappa shape index (κ1) is 16.3. The fourth-order valence-electron chi connectivity index (χ4n) is 2.36. The maximum Gasteiger partial charge on any atom is 0.251 e. The number of rotatable bonds is 5. The Kier molecular flexibility index (Phi) is 5.01. The minimum absolute atomic E-state index is 0.00622. The van der Waals surface area contributed by atoms with Crippen LogP contribution in [0.3, 0.4) is 0 Å². The van der Waals surface area contributed by atoms with Crippen LogP contribution in [0.5, 0.6) is 0 Å². The Balaban J connectivity index is 2.14. The molecule has 0 aliphatic rings. The highest BCUT2D eigenvalue weighted by Crippen LogP contribution is 2.17. The molecular weight excluding hydrogens is 276 g/mol. The normalized spacial score (nSPS) is 11.1. The molecule has 0 atom stereocenters. The summed E-state index contributed by atoms with van der Waals surface area (Å²) in [5.41, 5.74) is 3.76. The van der Waals surface area contributed by atoms with Gasteiger partial charge in [-0.15, -0.1) is 0 Å². The van der Waals surface area contributed by atoms with Crippen molar-refractivity contribution in [1.29, 1.82) is 0 Å². The number of pyridine rings is 1. The van der Waals surface area contributed by atoms with Crippen LogP contribution in [0.4, 0.5) is 0 Å². The van der Waals surface area contributed by atoms with Crippen LogP contribution in [0.15, 0.2) is 23.0 Å². The summed E-state index contributed by atoms with van der Waals surface area (Å²) in [6, 6.07) is 5.96. The predicted molar refractivity (Wildman–Crippen MR) is 90.2 cm³/mol. The molecule has 0 aliphatic heterocycles. The van der Waals surface area contributed by atoms with E-state index in [1.54, 1.807) is 0 Å². The number of hydrogen-bond donors (Lipinski definition) is 2. The molecule has 0 fully saturated rings. The molecule has 118 valence electrons. The lowest BCUT2D eigenvalue weighted by molar-refractivity contribution is -0.121. The summed E-state index contributed by atoms with van der Waals surface area (Å²) in [6.07, 6.45) is 0.800. The second-order valence-corrected chi connectivity index (χ2v) is 6.35. The number of hydrogen-bond acceptors (Lipinski definition) is 2. The van der Waals surface area contributed by atoms with Crippen molar-refractivity contribution in [3.8, 4) is 0 Å². The zero-order chi connectivity index (χ0) is 16.3. The lowest BCUT2D eigenvalue weighted by Gasteiger charge is -2.08. The molecule has 0 saturated heterocycles. The number of benzene rings is 1. The monoisotopic (exact) mass is 300 g/mol. The van der Waals surface area contributed by atoms with Gasteiger partial charge in [-0.2, -0.15) is 0 Å². The van der Waals surface area contributed by atoms with E-state index in [2.05, 4.69) is 37.1 Å². The number of carbonyl (C=O) groups is 1. The first-order valence-electron chi connectivity index (χ1n) is 7.76. The van der Waals surface area contributed by atoms with Gasteiger partial charge >= 0.3 is 0 Å². The van der Waals surface area contributed by atoms with Crippen molar-refractivity contribution in [2.45, 2.75) is 40.5 Å². The topological polar surface area (TPSA) is 62.0 Å². The Bertz CT molecular complexity index is 745. The van der Waals surface area contributed by atoms with E-state index in [-0.39, 0.29) is 11.5 Å². The van der Waals surface area contributed by atoms with E-state index in [1.807, 2.05) is 19.1 Å². The number of nitrogens with one attached hydrogen (secondary N) is 2. The fraction of sp³-hybridized carbons (Fsp3) is 0.444. The average Bonchev–Trinajstić information content (AvgIpc) is 2.45. The van der Waals surface area contributed by atoms with Crippen LogP contribution in [0.1, 0.15) is 37.0 Å². The van der Waals surface area contributed by atoms with Crippen molar-refractivity contribution >= 4 is 16.8 Å². The van der Waals surface area contributed by atoms with Crippen molar-refractivity contribution in [3.05, 3.63) is 45.2 Å². The first-order valence-corrected chi connectivity index (χ1v) is 7.76. The van der Waals surface area contributed by atoms with E-state index in [0.29, 0.717) is 30.9 Å². The standard InChI is InChI=1S/C18H24N2O2/c1-11(2)10-19-17(21)6-5-14-9-15-7-12(3)13(4)8-16(15)20-18(14)22/h7-9,11H,5-6,10H2,1-4H3,(H,19,21)(H,20,22). The van der Waals surface area contributed by atoms with E-state index in [9.17, 15) is 9.59 Å². The summed E-state index contributed by atoms with van der Waals surface area (Å²) >= 11 is 0. The third-order valence-electron chi connectivity index (χ3n) is 3.86. The van der Waals surface area contributed by atoms with E-state index in [0.717, 1.165) is 16.5 Å². The second-order valence-electron chi connectivity index (χ2n) is 6.35. The maximum atomic E-state index is 12.1. The number of amides is 1. The Morgan fingerprint density at radius 1 is 1.18 bits per heavy atom. The number of H-pyrrole nitrogens is 1. The molecule has 1 amide bonds. The lowest BCUT2D eigenvalue weighted by atomic mass is 10.0. The number of aromatic amines is 1. The Morgan fingerprint density at radius 3 is 2.55 bits per heavy atom. The van der Waals surface area contributed by atoms with Crippen molar-refractivity contribution < 1.29 is 4.79 Å². The molecule has 2 aromatic rings. The van der Waals surface area contributed by atoms with Crippen LogP contribution in [0.25, 0.3) is 10.9 Å². The maximum absolute atomic E-state index is 12.1. The van der Waals surface area contributed by atoms with Crippen LogP contribution in [-0.2, 0) is 11.2 Å². The van der Waals surface area contributed by atoms with Crippen LogP contribution in [0, 0.1) is 19.8 Å². The first-order chi connectivity index (χ1) is 10.4. The Labute approximate surface area is 130 Å².